The maximum atomic E-state index is 13.4. The second kappa shape index (κ2) is 9.89. The molecule has 0 aromatic carbocycles. The van der Waals surface area contributed by atoms with E-state index in [4.69, 9.17) is 4.52 Å². The third kappa shape index (κ3) is 5.01. The van der Waals surface area contributed by atoms with Crippen LogP contribution in [0.1, 0.15) is 48.9 Å². The minimum atomic E-state index is -3.82. The van der Waals surface area contributed by atoms with Crippen LogP contribution in [-0.4, -0.2) is 55.4 Å². The van der Waals surface area contributed by atoms with Gasteiger partial charge in [0.25, 0.3) is 0 Å². The second-order valence-corrected chi connectivity index (χ2v) is 10.5. The number of hydrogen-bond acceptors (Lipinski definition) is 6. The minimum Gasteiger partial charge on any atom is -0.355 e. The van der Waals surface area contributed by atoms with Gasteiger partial charge in [0.1, 0.15) is 5.69 Å². The van der Waals surface area contributed by atoms with Crippen LogP contribution in [0.4, 0.5) is 0 Å². The van der Waals surface area contributed by atoms with Crippen LogP contribution in [0.3, 0.4) is 0 Å². The molecule has 0 unspecified atom stereocenters. The number of carbonyl (C=O) groups excluding carboxylic acids is 1. The number of aryl methyl sites for hydroxylation is 1. The Hall–Kier alpha value is -1.97. The van der Waals surface area contributed by atoms with E-state index in [-0.39, 0.29) is 29.0 Å². The largest absolute Gasteiger partial charge is 0.355 e. The predicted octanol–water partition coefficient (Wildman–Crippen LogP) is 3.87. The zero-order valence-electron chi connectivity index (χ0n) is 17.7. The van der Waals surface area contributed by atoms with Gasteiger partial charge in [0, 0.05) is 31.6 Å². The van der Waals surface area contributed by atoms with Gasteiger partial charge in [0.05, 0.1) is 5.92 Å². The fourth-order valence-electron chi connectivity index (χ4n) is 3.65. The molecule has 2 aromatic rings. The lowest BCUT2D eigenvalue weighted by molar-refractivity contribution is -0.135. The molecule has 3 heterocycles. The van der Waals surface area contributed by atoms with Crippen molar-refractivity contribution in [1.29, 1.82) is 0 Å². The molecule has 0 aliphatic carbocycles. The Morgan fingerprint density at radius 3 is 2.93 bits per heavy atom. The molecule has 164 valence electrons. The summed E-state index contributed by atoms with van der Waals surface area (Å²) in [4.78, 5) is 15.6. The molecular weight excluding hydrogens is 422 g/mol. The van der Waals surface area contributed by atoms with Gasteiger partial charge in [-0.15, -0.1) is 11.3 Å². The van der Waals surface area contributed by atoms with Gasteiger partial charge in [0.15, 0.2) is 10.7 Å². The number of carbonyl (C=O) groups is 1. The predicted molar refractivity (Wildman–Crippen MR) is 119 cm³/mol. The van der Waals surface area contributed by atoms with E-state index in [1.165, 1.54) is 4.31 Å². The van der Waals surface area contributed by atoms with Crippen LogP contribution in [0.25, 0.3) is 12.2 Å². The first-order valence-corrected chi connectivity index (χ1v) is 12.6. The first kappa shape index (κ1) is 22.7. The summed E-state index contributed by atoms with van der Waals surface area (Å²) in [5.41, 5.74) is 0.328. The van der Waals surface area contributed by atoms with Crippen molar-refractivity contribution in [3.05, 3.63) is 33.8 Å². The molecule has 1 aliphatic rings. The normalized spacial score (nSPS) is 18.2. The molecule has 0 radical (unpaired) electrons. The number of amides is 1. The monoisotopic (exact) mass is 451 g/mol. The number of unbranched alkanes of at least 4 members (excludes halogenated alkanes) is 1. The van der Waals surface area contributed by atoms with Gasteiger partial charge in [-0.2, -0.15) is 4.31 Å². The van der Waals surface area contributed by atoms with Crippen LogP contribution < -0.4 is 0 Å². The summed E-state index contributed by atoms with van der Waals surface area (Å²) in [5, 5.41) is 5.84. The van der Waals surface area contributed by atoms with E-state index in [0.717, 1.165) is 17.7 Å². The number of piperidine rings is 1. The van der Waals surface area contributed by atoms with Gasteiger partial charge >= 0.3 is 0 Å². The van der Waals surface area contributed by atoms with E-state index in [1.807, 2.05) is 23.6 Å². The van der Waals surface area contributed by atoms with Crippen LogP contribution >= 0.6 is 11.3 Å². The van der Waals surface area contributed by atoms with Crippen molar-refractivity contribution in [3.8, 4) is 0 Å². The third-order valence-electron chi connectivity index (χ3n) is 5.33. The average Bonchev–Trinajstić information content (AvgIpc) is 3.39. The van der Waals surface area contributed by atoms with Crippen LogP contribution in [0.5, 0.6) is 0 Å². The fourth-order valence-corrected chi connectivity index (χ4v) is 6.04. The Morgan fingerprint density at radius 1 is 1.43 bits per heavy atom. The van der Waals surface area contributed by atoms with Crippen molar-refractivity contribution in [2.45, 2.75) is 44.4 Å². The molecule has 2 aromatic heterocycles. The van der Waals surface area contributed by atoms with E-state index in [0.29, 0.717) is 31.6 Å². The van der Waals surface area contributed by atoms with Gasteiger partial charge in [-0.05, 0) is 49.8 Å². The number of nitrogens with zero attached hydrogens (tertiary/aromatic N) is 3. The molecule has 1 saturated heterocycles. The molecule has 0 saturated carbocycles. The van der Waals surface area contributed by atoms with Crippen molar-refractivity contribution in [2.75, 3.05) is 26.7 Å². The van der Waals surface area contributed by atoms with Gasteiger partial charge in [-0.1, -0.05) is 24.6 Å². The molecule has 30 heavy (non-hydrogen) atoms. The van der Waals surface area contributed by atoms with E-state index < -0.39 is 10.0 Å². The van der Waals surface area contributed by atoms with Crippen LogP contribution in [-0.2, 0) is 14.8 Å². The van der Waals surface area contributed by atoms with E-state index in [9.17, 15) is 13.2 Å². The minimum absolute atomic E-state index is 0.0169. The standard InChI is InChI=1S/C21H29N3O4S2/c1-4-5-12-23(3)21(25)17-8-6-13-24(15-17)30(26,27)20-16(2)22-28-19(20)11-10-18-9-7-14-29-18/h7,9-11,14,17H,4-6,8,12-13,15H2,1-3H3/b11-10+/t17-/m1/s1. The SMILES string of the molecule is CCCCN(C)C(=O)[C@@H]1CCCN(S(=O)(=O)c2c(C)noc2/C=C/c2cccs2)C1. The molecule has 7 nitrogen and oxygen atoms in total. The Balaban J connectivity index is 1.80. The number of aromatic nitrogens is 1. The van der Waals surface area contributed by atoms with Crippen LogP contribution in [0.15, 0.2) is 26.9 Å². The quantitative estimate of drug-likeness (QED) is 0.608. The Bertz CT molecular complexity index is 980. The molecule has 3 rings (SSSR count). The first-order chi connectivity index (χ1) is 14.3. The second-order valence-electron chi connectivity index (χ2n) is 7.63. The highest BCUT2D eigenvalue weighted by Crippen LogP contribution is 2.30. The highest BCUT2D eigenvalue weighted by molar-refractivity contribution is 7.89. The lowest BCUT2D eigenvalue weighted by Gasteiger charge is -2.33. The maximum absolute atomic E-state index is 13.4. The van der Waals surface area contributed by atoms with Gasteiger partial charge < -0.3 is 9.42 Å². The molecule has 9 heteroatoms. The van der Waals surface area contributed by atoms with Crippen molar-refractivity contribution in [2.24, 2.45) is 5.92 Å². The first-order valence-electron chi connectivity index (χ1n) is 10.3. The summed E-state index contributed by atoms with van der Waals surface area (Å²) in [6.07, 6.45) is 6.77. The number of sulfonamides is 1. The van der Waals surface area contributed by atoms with Crippen molar-refractivity contribution < 1.29 is 17.7 Å². The summed E-state index contributed by atoms with van der Waals surface area (Å²) in [6, 6.07) is 3.87. The van der Waals surface area contributed by atoms with Crippen molar-refractivity contribution >= 4 is 39.4 Å². The molecular formula is C21H29N3O4S2. The molecule has 0 spiro atoms. The molecule has 1 aliphatic heterocycles. The summed E-state index contributed by atoms with van der Waals surface area (Å²) in [7, 11) is -2.03. The smallest absolute Gasteiger partial charge is 0.248 e. The van der Waals surface area contributed by atoms with Crippen LogP contribution in [0.2, 0.25) is 0 Å². The zero-order chi connectivity index (χ0) is 21.7. The third-order valence-corrected chi connectivity index (χ3v) is 8.19. The zero-order valence-corrected chi connectivity index (χ0v) is 19.3. The number of rotatable bonds is 8. The lowest BCUT2D eigenvalue weighted by Crippen LogP contribution is -2.46. The fraction of sp³-hybridized carbons (Fsp3) is 0.524. The summed E-state index contributed by atoms with van der Waals surface area (Å²) >= 11 is 1.55. The molecule has 0 N–H and O–H groups in total. The summed E-state index contributed by atoms with van der Waals surface area (Å²) in [6.45, 7) is 4.99. The van der Waals surface area contributed by atoms with Crippen molar-refractivity contribution in [1.82, 2.24) is 14.4 Å². The number of hydrogen-bond donors (Lipinski definition) is 0. The average molecular weight is 452 g/mol. The van der Waals surface area contributed by atoms with Gasteiger partial charge in [-0.25, -0.2) is 8.42 Å². The molecule has 1 fully saturated rings. The lowest BCUT2D eigenvalue weighted by atomic mass is 9.98. The Labute approximate surface area is 182 Å². The summed E-state index contributed by atoms with van der Waals surface area (Å²) < 4.78 is 33.6. The molecule has 1 atom stereocenters. The van der Waals surface area contributed by atoms with E-state index in [2.05, 4.69) is 12.1 Å². The summed E-state index contributed by atoms with van der Waals surface area (Å²) in [5.74, 6) is -0.0849. The van der Waals surface area contributed by atoms with Gasteiger partial charge in [0.2, 0.25) is 15.9 Å². The Morgan fingerprint density at radius 2 is 2.23 bits per heavy atom. The highest BCUT2D eigenvalue weighted by atomic mass is 32.2. The van der Waals surface area contributed by atoms with Crippen molar-refractivity contribution in [3.63, 3.8) is 0 Å². The molecule has 0 bridgehead atoms. The highest BCUT2D eigenvalue weighted by Gasteiger charge is 2.37. The van der Waals surface area contributed by atoms with E-state index in [1.54, 1.807) is 36.3 Å². The topological polar surface area (TPSA) is 83.7 Å². The Kier molecular flexibility index (Phi) is 7.49. The van der Waals surface area contributed by atoms with E-state index >= 15 is 0 Å². The van der Waals surface area contributed by atoms with Crippen LogP contribution in [0, 0.1) is 12.8 Å². The van der Waals surface area contributed by atoms with Gasteiger partial charge in [-0.3, -0.25) is 4.79 Å². The maximum Gasteiger partial charge on any atom is 0.248 e. The molecule has 1 amide bonds. The number of thiophene rings is 1.